The third-order valence-electron chi connectivity index (χ3n) is 2.30. The Morgan fingerprint density at radius 3 is 2.89 bits per heavy atom. The fourth-order valence-electron chi connectivity index (χ4n) is 1.51. The molecule has 0 amide bonds. The molecule has 0 unspecified atom stereocenters. The van der Waals surface area contributed by atoms with Crippen molar-refractivity contribution in [3.63, 3.8) is 0 Å². The minimum absolute atomic E-state index is 0.00304. The third-order valence-corrected chi connectivity index (χ3v) is 2.30. The SMILES string of the molecule is Cc1nccc(CNc2cccnc2C(=O)O)n1. The molecule has 6 heteroatoms. The summed E-state index contributed by atoms with van der Waals surface area (Å²) in [6.45, 7) is 2.23. The summed E-state index contributed by atoms with van der Waals surface area (Å²) in [5.74, 6) is -0.379. The second kappa shape index (κ2) is 5.22. The van der Waals surface area contributed by atoms with Gasteiger partial charge in [-0.2, -0.15) is 0 Å². The number of aromatic nitrogens is 3. The van der Waals surface area contributed by atoms with Gasteiger partial charge in [-0.3, -0.25) is 0 Å². The molecule has 2 N–H and O–H groups in total. The number of aryl methyl sites for hydroxylation is 1. The minimum atomic E-state index is -1.06. The number of nitrogens with zero attached hydrogens (tertiary/aromatic N) is 3. The van der Waals surface area contributed by atoms with Gasteiger partial charge in [-0.1, -0.05) is 0 Å². The summed E-state index contributed by atoms with van der Waals surface area (Å²) in [7, 11) is 0. The lowest BCUT2D eigenvalue weighted by molar-refractivity contribution is 0.0691. The number of rotatable bonds is 4. The van der Waals surface area contributed by atoms with Crippen molar-refractivity contribution < 1.29 is 9.90 Å². The van der Waals surface area contributed by atoms with E-state index >= 15 is 0 Å². The van der Waals surface area contributed by atoms with E-state index in [-0.39, 0.29) is 5.69 Å². The van der Waals surface area contributed by atoms with Gasteiger partial charge in [-0.15, -0.1) is 0 Å². The van der Waals surface area contributed by atoms with Gasteiger partial charge in [0.2, 0.25) is 0 Å². The number of carboxylic acid groups (broad SMARTS) is 1. The van der Waals surface area contributed by atoms with Crippen LogP contribution in [0.2, 0.25) is 0 Å². The first-order valence-electron chi connectivity index (χ1n) is 5.37. The molecule has 0 fully saturated rings. The lowest BCUT2D eigenvalue weighted by atomic mass is 10.3. The van der Waals surface area contributed by atoms with Crippen molar-refractivity contribution in [2.24, 2.45) is 0 Å². The fourth-order valence-corrected chi connectivity index (χ4v) is 1.51. The lowest BCUT2D eigenvalue weighted by Crippen LogP contribution is -2.09. The van der Waals surface area contributed by atoms with Crippen molar-refractivity contribution in [1.29, 1.82) is 0 Å². The molecular weight excluding hydrogens is 232 g/mol. The van der Waals surface area contributed by atoms with Crippen LogP contribution in [0.15, 0.2) is 30.6 Å². The van der Waals surface area contributed by atoms with Crippen molar-refractivity contribution >= 4 is 11.7 Å². The zero-order valence-corrected chi connectivity index (χ0v) is 9.79. The summed E-state index contributed by atoms with van der Waals surface area (Å²) < 4.78 is 0. The van der Waals surface area contributed by atoms with Crippen molar-refractivity contribution in [2.45, 2.75) is 13.5 Å². The first kappa shape index (κ1) is 12.0. The van der Waals surface area contributed by atoms with Crippen LogP contribution in [0.1, 0.15) is 22.0 Å². The predicted molar refractivity (Wildman–Crippen MR) is 65.3 cm³/mol. The van der Waals surface area contributed by atoms with Crippen molar-refractivity contribution in [3.05, 3.63) is 47.8 Å². The average molecular weight is 244 g/mol. The Hall–Kier alpha value is -2.50. The molecule has 0 radical (unpaired) electrons. The Labute approximate surface area is 104 Å². The quantitative estimate of drug-likeness (QED) is 0.847. The number of pyridine rings is 1. The predicted octanol–water partition coefficient (Wildman–Crippen LogP) is 1.49. The maximum atomic E-state index is 11.0. The van der Waals surface area contributed by atoms with Crippen LogP contribution in [0, 0.1) is 6.92 Å². The monoisotopic (exact) mass is 244 g/mol. The molecule has 2 aromatic heterocycles. The fraction of sp³-hybridized carbons (Fsp3) is 0.167. The topological polar surface area (TPSA) is 88.0 Å². The van der Waals surface area contributed by atoms with E-state index in [9.17, 15) is 4.79 Å². The number of hydrogen-bond donors (Lipinski definition) is 2. The smallest absolute Gasteiger partial charge is 0.356 e. The van der Waals surface area contributed by atoms with E-state index in [1.54, 1.807) is 31.3 Å². The zero-order valence-electron chi connectivity index (χ0n) is 9.79. The minimum Gasteiger partial charge on any atom is -0.476 e. The Morgan fingerprint density at radius 1 is 1.33 bits per heavy atom. The molecule has 18 heavy (non-hydrogen) atoms. The summed E-state index contributed by atoms with van der Waals surface area (Å²) in [5.41, 5.74) is 1.27. The standard InChI is InChI=1S/C12H12N4O2/c1-8-13-6-4-9(16-8)7-15-10-3-2-5-14-11(10)12(17)18/h2-6,15H,7H2,1H3,(H,17,18). The van der Waals surface area contributed by atoms with Crippen LogP contribution in [-0.2, 0) is 6.54 Å². The Kier molecular flexibility index (Phi) is 3.47. The Morgan fingerprint density at radius 2 is 2.17 bits per heavy atom. The normalized spacial score (nSPS) is 10.1. The summed E-state index contributed by atoms with van der Waals surface area (Å²) in [6, 6.07) is 5.13. The van der Waals surface area contributed by atoms with Crippen LogP contribution >= 0.6 is 0 Å². The van der Waals surface area contributed by atoms with Crippen LogP contribution in [0.3, 0.4) is 0 Å². The highest BCUT2D eigenvalue weighted by molar-refractivity contribution is 5.91. The highest BCUT2D eigenvalue weighted by atomic mass is 16.4. The Bertz CT molecular complexity index is 572. The number of carboxylic acids is 1. The van der Waals surface area contributed by atoms with E-state index in [2.05, 4.69) is 20.3 Å². The Balaban J connectivity index is 2.13. The third kappa shape index (κ3) is 2.79. The molecule has 0 bridgehead atoms. The molecule has 2 heterocycles. The van der Waals surface area contributed by atoms with E-state index < -0.39 is 5.97 Å². The molecule has 0 aliphatic carbocycles. The maximum absolute atomic E-state index is 11.0. The van der Waals surface area contributed by atoms with Gasteiger partial charge < -0.3 is 10.4 Å². The van der Waals surface area contributed by atoms with E-state index in [4.69, 9.17) is 5.11 Å². The molecule has 0 spiro atoms. The molecule has 0 aliphatic heterocycles. The highest BCUT2D eigenvalue weighted by Gasteiger charge is 2.10. The average Bonchev–Trinajstić information content (AvgIpc) is 2.37. The van der Waals surface area contributed by atoms with Crippen LogP contribution in [0.4, 0.5) is 5.69 Å². The molecule has 0 aliphatic rings. The molecule has 0 saturated carbocycles. The van der Waals surface area contributed by atoms with Gasteiger partial charge in [0, 0.05) is 12.4 Å². The van der Waals surface area contributed by atoms with Gasteiger partial charge in [-0.25, -0.2) is 19.7 Å². The van der Waals surface area contributed by atoms with E-state index in [1.165, 1.54) is 6.20 Å². The van der Waals surface area contributed by atoms with Crippen LogP contribution in [0.25, 0.3) is 0 Å². The number of hydrogen-bond acceptors (Lipinski definition) is 5. The summed E-state index contributed by atoms with van der Waals surface area (Å²) >= 11 is 0. The number of anilines is 1. The van der Waals surface area contributed by atoms with Gasteiger partial charge in [-0.05, 0) is 25.1 Å². The summed E-state index contributed by atoms with van der Waals surface area (Å²) in [4.78, 5) is 23.0. The second-order valence-corrected chi connectivity index (χ2v) is 3.65. The highest BCUT2D eigenvalue weighted by Crippen LogP contribution is 2.12. The van der Waals surface area contributed by atoms with E-state index in [0.29, 0.717) is 18.1 Å². The van der Waals surface area contributed by atoms with Crippen molar-refractivity contribution in [1.82, 2.24) is 15.0 Å². The second-order valence-electron chi connectivity index (χ2n) is 3.65. The van der Waals surface area contributed by atoms with E-state index in [0.717, 1.165) is 5.69 Å². The molecule has 2 rings (SSSR count). The van der Waals surface area contributed by atoms with Crippen LogP contribution < -0.4 is 5.32 Å². The van der Waals surface area contributed by atoms with Gasteiger partial charge in [0.05, 0.1) is 17.9 Å². The molecular formula is C12H12N4O2. The molecule has 92 valence electrons. The number of nitrogens with one attached hydrogen (secondary N) is 1. The summed E-state index contributed by atoms with van der Waals surface area (Å²) in [5, 5.41) is 12.0. The molecule has 0 aromatic carbocycles. The molecule has 0 saturated heterocycles. The van der Waals surface area contributed by atoms with E-state index in [1.807, 2.05) is 0 Å². The van der Waals surface area contributed by atoms with Crippen LogP contribution in [-0.4, -0.2) is 26.0 Å². The van der Waals surface area contributed by atoms with Gasteiger partial charge in [0.25, 0.3) is 0 Å². The first-order chi connectivity index (χ1) is 8.66. The maximum Gasteiger partial charge on any atom is 0.356 e. The number of aromatic carboxylic acids is 1. The van der Waals surface area contributed by atoms with Crippen molar-refractivity contribution in [2.75, 3.05) is 5.32 Å². The largest absolute Gasteiger partial charge is 0.476 e. The van der Waals surface area contributed by atoms with Gasteiger partial charge >= 0.3 is 5.97 Å². The van der Waals surface area contributed by atoms with Gasteiger partial charge in [0.15, 0.2) is 5.69 Å². The molecule has 0 atom stereocenters. The number of carbonyl (C=O) groups is 1. The van der Waals surface area contributed by atoms with Gasteiger partial charge in [0.1, 0.15) is 5.82 Å². The van der Waals surface area contributed by atoms with Crippen molar-refractivity contribution in [3.8, 4) is 0 Å². The first-order valence-corrected chi connectivity index (χ1v) is 5.37. The molecule has 6 nitrogen and oxygen atoms in total. The zero-order chi connectivity index (χ0) is 13.0. The van der Waals surface area contributed by atoms with Crippen LogP contribution in [0.5, 0.6) is 0 Å². The molecule has 2 aromatic rings. The lowest BCUT2D eigenvalue weighted by Gasteiger charge is -2.08. The summed E-state index contributed by atoms with van der Waals surface area (Å²) in [6.07, 6.45) is 3.12.